The Bertz CT molecular complexity index is 434. The molecule has 2 N–H and O–H groups in total. The van der Waals surface area contributed by atoms with E-state index in [1.807, 2.05) is 5.01 Å². The number of ether oxygens (including phenoxy) is 1. The van der Waals surface area contributed by atoms with Gasteiger partial charge in [-0.2, -0.15) is 0 Å². The maximum Gasteiger partial charge on any atom is 0.0972 e. The van der Waals surface area contributed by atoms with Crippen molar-refractivity contribution < 1.29 is 4.74 Å². The highest BCUT2D eigenvalue weighted by molar-refractivity contribution is 5.40. The second kappa shape index (κ2) is 3.55. The van der Waals surface area contributed by atoms with E-state index in [-0.39, 0.29) is 11.2 Å². The van der Waals surface area contributed by atoms with Crippen LogP contribution in [-0.2, 0) is 15.9 Å². The van der Waals surface area contributed by atoms with Crippen LogP contribution < -0.4 is 5.84 Å². The van der Waals surface area contributed by atoms with Crippen molar-refractivity contribution in [2.24, 2.45) is 5.84 Å². The standard InChI is InChI=1S/C14H20N2O/c1-13(2)11-5-3-4-6-12(11)14(17-13)7-9-16(15)10-8-14/h3-6H,7-10,15H2,1-2H3. The summed E-state index contributed by atoms with van der Waals surface area (Å²) < 4.78 is 6.41. The molecule has 1 aromatic rings. The first-order valence-electron chi connectivity index (χ1n) is 6.33. The van der Waals surface area contributed by atoms with Crippen molar-refractivity contribution in [3.05, 3.63) is 35.4 Å². The van der Waals surface area contributed by atoms with E-state index in [0.29, 0.717) is 0 Å². The molecule has 0 unspecified atom stereocenters. The van der Waals surface area contributed by atoms with Crippen LogP contribution in [0.5, 0.6) is 0 Å². The van der Waals surface area contributed by atoms with Crippen LogP contribution in [0.25, 0.3) is 0 Å². The van der Waals surface area contributed by atoms with Crippen molar-refractivity contribution in [1.82, 2.24) is 5.01 Å². The first kappa shape index (κ1) is 11.2. The number of hydrogen-bond donors (Lipinski definition) is 1. The molecule has 0 radical (unpaired) electrons. The quantitative estimate of drug-likeness (QED) is 0.696. The summed E-state index contributed by atoms with van der Waals surface area (Å²) in [6, 6.07) is 8.62. The van der Waals surface area contributed by atoms with Gasteiger partial charge in [-0.3, -0.25) is 5.84 Å². The van der Waals surface area contributed by atoms with Crippen molar-refractivity contribution in [2.75, 3.05) is 13.1 Å². The van der Waals surface area contributed by atoms with Crippen LogP contribution in [0.2, 0.25) is 0 Å². The zero-order chi connectivity index (χ0) is 12.1. The van der Waals surface area contributed by atoms with E-state index in [1.165, 1.54) is 11.1 Å². The largest absolute Gasteiger partial charge is 0.360 e. The van der Waals surface area contributed by atoms with Gasteiger partial charge >= 0.3 is 0 Å². The topological polar surface area (TPSA) is 38.5 Å². The highest BCUT2D eigenvalue weighted by Gasteiger charge is 2.49. The maximum atomic E-state index is 6.41. The fourth-order valence-electron chi connectivity index (χ4n) is 3.26. The van der Waals surface area contributed by atoms with Gasteiger partial charge in [-0.1, -0.05) is 24.3 Å². The van der Waals surface area contributed by atoms with Gasteiger partial charge in [0.05, 0.1) is 11.2 Å². The third kappa shape index (κ3) is 1.61. The normalized spacial score (nSPS) is 26.1. The number of nitrogens with zero attached hydrogens (tertiary/aromatic N) is 1. The Morgan fingerprint density at radius 2 is 1.71 bits per heavy atom. The van der Waals surface area contributed by atoms with Crippen LogP contribution in [0.15, 0.2) is 24.3 Å². The summed E-state index contributed by atoms with van der Waals surface area (Å²) in [7, 11) is 0. The Morgan fingerprint density at radius 3 is 2.35 bits per heavy atom. The molecule has 0 aliphatic carbocycles. The predicted octanol–water partition coefficient (Wildman–Crippen LogP) is 2.12. The molecule has 3 heteroatoms. The Kier molecular flexibility index (Phi) is 2.34. The van der Waals surface area contributed by atoms with E-state index in [2.05, 4.69) is 38.1 Å². The van der Waals surface area contributed by atoms with Crippen molar-refractivity contribution in [3.8, 4) is 0 Å². The summed E-state index contributed by atoms with van der Waals surface area (Å²) in [6.45, 7) is 6.14. The lowest BCUT2D eigenvalue weighted by molar-refractivity contribution is -0.150. The Morgan fingerprint density at radius 1 is 1.12 bits per heavy atom. The molecule has 2 heterocycles. The Hall–Kier alpha value is -0.900. The molecule has 1 fully saturated rings. The van der Waals surface area contributed by atoms with Crippen LogP contribution in [0.3, 0.4) is 0 Å². The fraction of sp³-hybridized carbons (Fsp3) is 0.571. The molecule has 17 heavy (non-hydrogen) atoms. The van der Waals surface area contributed by atoms with E-state index in [4.69, 9.17) is 10.6 Å². The molecule has 0 saturated carbocycles. The fourth-order valence-corrected chi connectivity index (χ4v) is 3.26. The minimum absolute atomic E-state index is 0.101. The van der Waals surface area contributed by atoms with E-state index < -0.39 is 0 Å². The van der Waals surface area contributed by atoms with Gasteiger partial charge in [0.15, 0.2) is 0 Å². The molecule has 3 rings (SSSR count). The summed E-state index contributed by atoms with van der Waals surface area (Å²) in [5.41, 5.74) is 2.44. The molecule has 0 atom stereocenters. The van der Waals surface area contributed by atoms with Gasteiger partial charge in [-0.25, -0.2) is 5.01 Å². The van der Waals surface area contributed by atoms with Crippen LogP contribution in [0.1, 0.15) is 37.8 Å². The third-order valence-corrected chi connectivity index (χ3v) is 4.12. The molecule has 0 aromatic heterocycles. The molecule has 0 amide bonds. The number of nitrogens with two attached hydrogens (primary N) is 1. The summed E-state index contributed by atoms with van der Waals surface area (Å²) >= 11 is 0. The number of benzene rings is 1. The lowest BCUT2D eigenvalue weighted by Gasteiger charge is -2.39. The van der Waals surface area contributed by atoms with Crippen LogP contribution in [0.4, 0.5) is 0 Å². The smallest absolute Gasteiger partial charge is 0.0972 e. The number of fused-ring (bicyclic) bond motifs is 2. The second-order valence-corrected chi connectivity index (χ2v) is 5.69. The molecule has 1 spiro atoms. The molecule has 3 nitrogen and oxygen atoms in total. The highest BCUT2D eigenvalue weighted by Crippen LogP contribution is 2.51. The van der Waals surface area contributed by atoms with Crippen molar-refractivity contribution >= 4 is 0 Å². The van der Waals surface area contributed by atoms with Gasteiger partial charge in [0.1, 0.15) is 0 Å². The average Bonchev–Trinajstić information content (AvgIpc) is 2.53. The summed E-state index contributed by atoms with van der Waals surface area (Å²) in [4.78, 5) is 0. The second-order valence-electron chi connectivity index (χ2n) is 5.69. The van der Waals surface area contributed by atoms with E-state index in [9.17, 15) is 0 Å². The van der Waals surface area contributed by atoms with E-state index in [0.717, 1.165) is 25.9 Å². The van der Waals surface area contributed by atoms with Crippen LogP contribution >= 0.6 is 0 Å². The number of hydrogen-bond acceptors (Lipinski definition) is 3. The molecular weight excluding hydrogens is 212 g/mol. The highest BCUT2D eigenvalue weighted by atomic mass is 16.5. The minimum atomic E-state index is -0.173. The van der Waals surface area contributed by atoms with Gasteiger partial charge in [0.25, 0.3) is 0 Å². The number of hydrazine groups is 1. The van der Waals surface area contributed by atoms with Gasteiger partial charge < -0.3 is 4.74 Å². The molecule has 2 aliphatic heterocycles. The maximum absolute atomic E-state index is 6.41. The first-order valence-corrected chi connectivity index (χ1v) is 6.33. The zero-order valence-electron chi connectivity index (χ0n) is 10.6. The minimum Gasteiger partial charge on any atom is -0.360 e. The zero-order valence-corrected chi connectivity index (χ0v) is 10.6. The van der Waals surface area contributed by atoms with E-state index >= 15 is 0 Å². The number of rotatable bonds is 0. The summed E-state index contributed by atoms with van der Waals surface area (Å²) in [5.74, 6) is 5.85. The molecule has 0 bridgehead atoms. The van der Waals surface area contributed by atoms with Crippen molar-refractivity contribution in [3.63, 3.8) is 0 Å². The average molecular weight is 232 g/mol. The predicted molar refractivity (Wildman–Crippen MR) is 67.2 cm³/mol. The first-order chi connectivity index (χ1) is 8.04. The molecule has 92 valence electrons. The Balaban J connectivity index is 2.05. The van der Waals surface area contributed by atoms with E-state index in [1.54, 1.807) is 0 Å². The lowest BCUT2D eigenvalue weighted by Crippen LogP contribution is -2.46. The monoisotopic (exact) mass is 232 g/mol. The molecular formula is C14H20N2O. The van der Waals surface area contributed by atoms with Gasteiger partial charge in [0.2, 0.25) is 0 Å². The SMILES string of the molecule is CC1(C)OC2(CCN(N)CC2)c2ccccc21. The lowest BCUT2D eigenvalue weighted by atomic mass is 9.83. The van der Waals surface area contributed by atoms with Crippen molar-refractivity contribution in [2.45, 2.75) is 37.9 Å². The molecule has 1 aromatic carbocycles. The Labute approximate surface area is 103 Å². The van der Waals surface area contributed by atoms with Gasteiger partial charge in [0, 0.05) is 13.1 Å². The van der Waals surface area contributed by atoms with Crippen LogP contribution in [0, 0.1) is 0 Å². The van der Waals surface area contributed by atoms with Crippen LogP contribution in [-0.4, -0.2) is 18.1 Å². The third-order valence-electron chi connectivity index (χ3n) is 4.12. The van der Waals surface area contributed by atoms with Crippen molar-refractivity contribution in [1.29, 1.82) is 0 Å². The molecule has 1 saturated heterocycles. The summed E-state index contributed by atoms with van der Waals surface area (Å²) in [5, 5.41) is 1.89. The van der Waals surface area contributed by atoms with Gasteiger partial charge in [-0.05, 0) is 37.8 Å². The van der Waals surface area contributed by atoms with Gasteiger partial charge in [-0.15, -0.1) is 0 Å². The molecule has 2 aliphatic rings. The number of piperidine rings is 1. The summed E-state index contributed by atoms with van der Waals surface area (Å²) in [6.07, 6.45) is 1.98.